The molecule has 4 nitrogen and oxygen atoms in total. The van der Waals surface area contributed by atoms with Gasteiger partial charge in [-0.15, -0.1) is 0 Å². The predicted molar refractivity (Wildman–Crippen MR) is 77.2 cm³/mol. The molecule has 0 amide bonds. The summed E-state index contributed by atoms with van der Waals surface area (Å²) in [6, 6.07) is 0. The molecular weight excluding hydrogens is 240 g/mol. The molecule has 0 saturated heterocycles. The summed E-state index contributed by atoms with van der Waals surface area (Å²) in [5.74, 6) is 0.684. The van der Waals surface area contributed by atoms with Gasteiger partial charge in [-0.05, 0) is 25.2 Å². The Balaban J connectivity index is 2.55. The molecule has 0 aliphatic carbocycles. The first-order valence-electron chi connectivity index (χ1n) is 7.39. The van der Waals surface area contributed by atoms with Gasteiger partial charge in [0.25, 0.3) is 0 Å². The summed E-state index contributed by atoms with van der Waals surface area (Å²) < 4.78 is 7.64. The van der Waals surface area contributed by atoms with Crippen LogP contribution in [-0.2, 0) is 30.7 Å². The Morgan fingerprint density at radius 3 is 2.47 bits per heavy atom. The highest BCUT2D eigenvalue weighted by atomic mass is 16.5. The second-order valence-electron chi connectivity index (χ2n) is 5.26. The average molecular weight is 268 g/mol. The molecule has 19 heavy (non-hydrogen) atoms. The van der Waals surface area contributed by atoms with E-state index in [1.54, 1.807) is 0 Å². The maximum absolute atomic E-state index is 9.46. The first-order valence-corrected chi connectivity index (χ1v) is 7.39. The normalized spacial score (nSPS) is 11.5. The second kappa shape index (κ2) is 8.33. The van der Waals surface area contributed by atoms with Gasteiger partial charge in [0.1, 0.15) is 0 Å². The zero-order chi connectivity index (χ0) is 14.3. The molecule has 1 aromatic heterocycles. The Kier molecular flexibility index (Phi) is 7.10. The Labute approximate surface area is 116 Å². The van der Waals surface area contributed by atoms with E-state index in [0.29, 0.717) is 12.5 Å². The number of aliphatic hydroxyl groups is 1. The van der Waals surface area contributed by atoms with E-state index < -0.39 is 0 Å². The minimum Gasteiger partial charge on any atom is -0.392 e. The first kappa shape index (κ1) is 16.2. The fourth-order valence-corrected chi connectivity index (χ4v) is 2.21. The lowest BCUT2D eigenvalue weighted by molar-refractivity contribution is 0.113. The number of hydrogen-bond donors (Lipinski definition) is 1. The van der Waals surface area contributed by atoms with Crippen molar-refractivity contribution in [3.63, 3.8) is 0 Å². The summed E-state index contributed by atoms with van der Waals surface area (Å²) in [5.41, 5.74) is 3.17. The lowest BCUT2D eigenvalue weighted by Gasteiger charge is -2.09. The average Bonchev–Trinajstić information content (AvgIpc) is 2.74. The molecule has 110 valence electrons. The fraction of sp³-hybridized carbons (Fsp3) is 0.800. The number of ether oxygens (including phenoxy) is 1. The largest absolute Gasteiger partial charge is 0.392 e. The molecule has 4 heteroatoms. The molecule has 1 aromatic rings. The van der Waals surface area contributed by atoms with Gasteiger partial charge in [-0.3, -0.25) is 4.68 Å². The number of hydrogen-bond acceptors (Lipinski definition) is 3. The van der Waals surface area contributed by atoms with E-state index in [0.717, 1.165) is 49.4 Å². The van der Waals surface area contributed by atoms with Crippen molar-refractivity contribution < 1.29 is 9.84 Å². The predicted octanol–water partition coefficient (Wildman–Crippen LogP) is 2.56. The van der Waals surface area contributed by atoms with Crippen LogP contribution in [0.3, 0.4) is 0 Å². The smallest absolute Gasteiger partial charge is 0.0718 e. The molecule has 0 spiro atoms. The molecule has 0 aromatic carbocycles. The van der Waals surface area contributed by atoms with Crippen LogP contribution in [0.2, 0.25) is 0 Å². The molecule has 1 heterocycles. The van der Waals surface area contributed by atoms with Gasteiger partial charge in [0.2, 0.25) is 0 Å². The highest BCUT2D eigenvalue weighted by Crippen LogP contribution is 2.16. The van der Waals surface area contributed by atoms with Crippen LogP contribution in [0.5, 0.6) is 0 Å². The van der Waals surface area contributed by atoms with Crippen molar-refractivity contribution in [2.75, 3.05) is 13.2 Å². The zero-order valence-corrected chi connectivity index (χ0v) is 12.8. The monoisotopic (exact) mass is 268 g/mol. The summed E-state index contributed by atoms with van der Waals surface area (Å²) in [7, 11) is 0. The van der Waals surface area contributed by atoms with E-state index in [2.05, 4.69) is 32.8 Å². The molecule has 0 saturated carbocycles. The van der Waals surface area contributed by atoms with Crippen LogP contribution in [0.25, 0.3) is 0 Å². The first-order chi connectivity index (χ1) is 9.13. The summed E-state index contributed by atoms with van der Waals surface area (Å²) >= 11 is 0. The molecule has 0 radical (unpaired) electrons. The maximum atomic E-state index is 9.46. The quantitative estimate of drug-likeness (QED) is 0.700. The van der Waals surface area contributed by atoms with Gasteiger partial charge in [0.05, 0.1) is 25.5 Å². The van der Waals surface area contributed by atoms with Crippen LogP contribution in [-0.4, -0.2) is 28.1 Å². The molecule has 1 N–H and O–H groups in total. The van der Waals surface area contributed by atoms with E-state index in [-0.39, 0.29) is 6.61 Å². The van der Waals surface area contributed by atoms with Crippen LogP contribution in [0, 0.1) is 5.92 Å². The van der Waals surface area contributed by atoms with Crippen LogP contribution in [0.15, 0.2) is 0 Å². The molecule has 0 aliphatic rings. The topological polar surface area (TPSA) is 47.3 Å². The zero-order valence-electron chi connectivity index (χ0n) is 12.8. The molecule has 0 fully saturated rings. The molecule has 0 aliphatic heterocycles. The van der Waals surface area contributed by atoms with Gasteiger partial charge in [-0.25, -0.2) is 0 Å². The number of nitrogens with zero attached hydrogens (tertiary/aromatic N) is 2. The summed E-state index contributed by atoms with van der Waals surface area (Å²) in [6.07, 6.45) is 2.86. The minimum absolute atomic E-state index is 0.0839. The van der Waals surface area contributed by atoms with E-state index in [1.165, 1.54) is 0 Å². The Hall–Kier alpha value is -0.870. The van der Waals surface area contributed by atoms with Crippen molar-refractivity contribution in [3.8, 4) is 0 Å². The maximum Gasteiger partial charge on any atom is 0.0718 e. The second-order valence-corrected chi connectivity index (χ2v) is 5.26. The van der Waals surface area contributed by atoms with Gasteiger partial charge in [-0.1, -0.05) is 27.7 Å². The third-order valence-electron chi connectivity index (χ3n) is 3.36. The van der Waals surface area contributed by atoms with Crippen molar-refractivity contribution in [3.05, 3.63) is 17.0 Å². The fourth-order valence-electron chi connectivity index (χ4n) is 2.21. The Morgan fingerprint density at radius 2 is 1.95 bits per heavy atom. The standard InChI is InChI=1S/C15H28N2O2/c1-5-14-13(11-18)15(6-2)17(16-14)8-10-19-9-7-12(3)4/h12,18H,5-11H2,1-4H3. The van der Waals surface area contributed by atoms with E-state index in [4.69, 9.17) is 4.74 Å². The van der Waals surface area contributed by atoms with Gasteiger partial charge in [0, 0.05) is 17.9 Å². The van der Waals surface area contributed by atoms with Crippen molar-refractivity contribution in [1.82, 2.24) is 9.78 Å². The number of aliphatic hydroxyl groups excluding tert-OH is 1. The van der Waals surface area contributed by atoms with Crippen molar-refractivity contribution in [2.24, 2.45) is 5.92 Å². The third kappa shape index (κ3) is 4.62. The van der Waals surface area contributed by atoms with Gasteiger partial charge in [0.15, 0.2) is 0 Å². The van der Waals surface area contributed by atoms with Crippen LogP contribution in [0.1, 0.15) is 51.1 Å². The van der Waals surface area contributed by atoms with Crippen LogP contribution < -0.4 is 0 Å². The number of aryl methyl sites for hydroxylation is 1. The van der Waals surface area contributed by atoms with Gasteiger partial charge >= 0.3 is 0 Å². The van der Waals surface area contributed by atoms with Gasteiger partial charge < -0.3 is 9.84 Å². The SMILES string of the molecule is CCc1nn(CCOCCC(C)C)c(CC)c1CO. The van der Waals surface area contributed by atoms with E-state index >= 15 is 0 Å². The van der Waals surface area contributed by atoms with Crippen molar-refractivity contribution in [2.45, 2.75) is 60.1 Å². The molecular formula is C15H28N2O2. The Morgan fingerprint density at radius 1 is 1.21 bits per heavy atom. The highest BCUT2D eigenvalue weighted by Gasteiger charge is 2.14. The summed E-state index contributed by atoms with van der Waals surface area (Å²) in [4.78, 5) is 0. The Bertz CT molecular complexity index is 372. The molecule has 0 unspecified atom stereocenters. The van der Waals surface area contributed by atoms with Crippen molar-refractivity contribution in [1.29, 1.82) is 0 Å². The number of rotatable bonds is 9. The van der Waals surface area contributed by atoms with Gasteiger partial charge in [-0.2, -0.15) is 5.10 Å². The minimum atomic E-state index is 0.0839. The molecule has 0 bridgehead atoms. The molecule has 1 rings (SSSR count). The third-order valence-corrected chi connectivity index (χ3v) is 3.36. The highest BCUT2D eigenvalue weighted by molar-refractivity contribution is 5.25. The van der Waals surface area contributed by atoms with E-state index in [9.17, 15) is 5.11 Å². The van der Waals surface area contributed by atoms with Crippen LogP contribution >= 0.6 is 0 Å². The van der Waals surface area contributed by atoms with Crippen LogP contribution in [0.4, 0.5) is 0 Å². The molecule has 0 atom stereocenters. The van der Waals surface area contributed by atoms with Crippen molar-refractivity contribution >= 4 is 0 Å². The summed E-state index contributed by atoms with van der Waals surface area (Å²) in [6.45, 7) is 10.9. The van der Waals surface area contributed by atoms with E-state index in [1.807, 2.05) is 4.68 Å². The summed E-state index contributed by atoms with van der Waals surface area (Å²) in [5, 5.41) is 14.0. The lowest BCUT2D eigenvalue weighted by Crippen LogP contribution is -2.12. The lowest BCUT2D eigenvalue weighted by atomic mass is 10.1. The number of aromatic nitrogens is 2.